The van der Waals surface area contributed by atoms with E-state index in [0.717, 1.165) is 0 Å². The van der Waals surface area contributed by atoms with Gasteiger partial charge in [-0.2, -0.15) is 0 Å². The number of hydrogen-bond acceptors (Lipinski definition) is 4. The van der Waals surface area contributed by atoms with Crippen molar-refractivity contribution in [3.05, 3.63) is 35.1 Å². The van der Waals surface area contributed by atoms with E-state index in [1.807, 2.05) is 0 Å². The van der Waals surface area contributed by atoms with Crippen molar-refractivity contribution in [2.24, 2.45) is 11.5 Å². The van der Waals surface area contributed by atoms with E-state index < -0.39 is 17.6 Å². The van der Waals surface area contributed by atoms with Gasteiger partial charge in [-0.1, -0.05) is 0 Å². The summed E-state index contributed by atoms with van der Waals surface area (Å²) >= 11 is 0. The van der Waals surface area contributed by atoms with Crippen molar-refractivity contribution in [3.63, 3.8) is 0 Å². The van der Waals surface area contributed by atoms with E-state index in [1.165, 1.54) is 18.2 Å². The Morgan fingerprint density at radius 1 is 1.32 bits per heavy atom. The summed E-state index contributed by atoms with van der Waals surface area (Å²) < 4.78 is 18.3. The molecule has 1 aromatic rings. The Labute approximate surface area is 109 Å². The predicted octanol–water partition coefficient (Wildman–Crippen LogP) is -0.484. The van der Waals surface area contributed by atoms with Crippen LogP contribution in [-0.2, 0) is 16.1 Å². The van der Waals surface area contributed by atoms with E-state index in [0.29, 0.717) is 12.1 Å². The molecule has 1 aromatic carbocycles. The van der Waals surface area contributed by atoms with Crippen LogP contribution in [0.2, 0.25) is 0 Å². The standard InChI is InChI=1S/C12H16FN3O3/c13-10-2-1-8(12(15)18)5-9(10)6-16-3-4-19-7-11(14)17/h1-2,5,16H,3-4,6-7H2,(H2,14,17)(H2,15,18). The number of hydrogen-bond donors (Lipinski definition) is 3. The van der Waals surface area contributed by atoms with Gasteiger partial charge in [0.05, 0.1) is 6.61 Å². The number of halogens is 1. The first kappa shape index (κ1) is 15.1. The molecule has 0 aliphatic carbocycles. The van der Waals surface area contributed by atoms with Crippen LogP contribution in [0.15, 0.2) is 18.2 Å². The lowest BCUT2D eigenvalue weighted by Crippen LogP contribution is -2.24. The highest BCUT2D eigenvalue weighted by molar-refractivity contribution is 5.92. The molecule has 0 aliphatic rings. The molecule has 0 atom stereocenters. The van der Waals surface area contributed by atoms with Crippen LogP contribution in [0.4, 0.5) is 4.39 Å². The molecule has 1 rings (SSSR count). The Morgan fingerprint density at radius 3 is 2.68 bits per heavy atom. The molecule has 0 saturated heterocycles. The smallest absolute Gasteiger partial charge is 0.248 e. The van der Waals surface area contributed by atoms with E-state index in [1.54, 1.807) is 0 Å². The van der Waals surface area contributed by atoms with E-state index in [-0.39, 0.29) is 25.3 Å². The second kappa shape index (κ2) is 7.45. The van der Waals surface area contributed by atoms with Gasteiger partial charge in [-0.25, -0.2) is 4.39 Å². The molecule has 19 heavy (non-hydrogen) atoms. The third-order valence-corrected chi connectivity index (χ3v) is 2.31. The topological polar surface area (TPSA) is 107 Å². The summed E-state index contributed by atoms with van der Waals surface area (Å²) in [6, 6.07) is 3.92. The lowest BCUT2D eigenvalue weighted by Gasteiger charge is -2.07. The molecular weight excluding hydrogens is 253 g/mol. The Kier molecular flexibility index (Phi) is 5.91. The Balaban J connectivity index is 2.38. The second-order valence-electron chi connectivity index (χ2n) is 3.87. The first-order chi connectivity index (χ1) is 9.00. The van der Waals surface area contributed by atoms with Crippen molar-refractivity contribution in [2.75, 3.05) is 19.8 Å². The quantitative estimate of drug-likeness (QED) is 0.554. The summed E-state index contributed by atoms with van der Waals surface area (Å²) in [5.41, 5.74) is 10.6. The van der Waals surface area contributed by atoms with Crippen LogP contribution in [-0.4, -0.2) is 31.6 Å². The summed E-state index contributed by atoms with van der Waals surface area (Å²) in [6.07, 6.45) is 0. The van der Waals surface area contributed by atoms with Gasteiger partial charge in [0.2, 0.25) is 11.8 Å². The summed E-state index contributed by atoms with van der Waals surface area (Å²) in [4.78, 5) is 21.3. The molecule has 6 nitrogen and oxygen atoms in total. The zero-order chi connectivity index (χ0) is 14.3. The Morgan fingerprint density at radius 2 is 2.05 bits per heavy atom. The Hall–Kier alpha value is -1.99. The molecule has 0 saturated carbocycles. The van der Waals surface area contributed by atoms with Crippen LogP contribution in [0.1, 0.15) is 15.9 Å². The molecule has 7 heteroatoms. The van der Waals surface area contributed by atoms with Crippen LogP contribution in [0, 0.1) is 5.82 Å². The van der Waals surface area contributed by atoms with Gasteiger partial charge in [0.1, 0.15) is 12.4 Å². The van der Waals surface area contributed by atoms with E-state index in [9.17, 15) is 14.0 Å². The first-order valence-corrected chi connectivity index (χ1v) is 5.65. The number of carbonyl (C=O) groups excluding carboxylic acids is 2. The van der Waals surface area contributed by atoms with Crippen LogP contribution in [0.3, 0.4) is 0 Å². The highest BCUT2D eigenvalue weighted by atomic mass is 19.1. The molecule has 5 N–H and O–H groups in total. The van der Waals surface area contributed by atoms with Gasteiger partial charge in [0.15, 0.2) is 0 Å². The second-order valence-corrected chi connectivity index (χ2v) is 3.87. The van der Waals surface area contributed by atoms with Gasteiger partial charge >= 0.3 is 0 Å². The zero-order valence-corrected chi connectivity index (χ0v) is 10.3. The summed E-state index contributed by atoms with van der Waals surface area (Å²) in [6.45, 7) is 0.785. The molecule has 0 heterocycles. The molecule has 0 radical (unpaired) electrons. The molecule has 0 unspecified atom stereocenters. The highest BCUT2D eigenvalue weighted by Crippen LogP contribution is 2.10. The number of benzene rings is 1. The van der Waals surface area contributed by atoms with Crippen LogP contribution >= 0.6 is 0 Å². The lowest BCUT2D eigenvalue weighted by atomic mass is 10.1. The predicted molar refractivity (Wildman–Crippen MR) is 66.6 cm³/mol. The normalized spacial score (nSPS) is 10.4. The van der Waals surface area contributed by atoms with Crippen LogP contribution in [0.5, 0.6) is 0 Å². The molecule has 0 fully saturated rings. The fourth-order valence-corrected chi connectivity index (χ4v) is 1.40. The number of nitrogens with one attached hydrogen (secondary N) is 1. The van der Waals surface area contributed by atoms with Crippen molar-refractivity contribution in [3.8, 4) is 0 Å². The van der Waals surface area contributed by atoms with Crippen molar-refractivity contribution in [1.29, 1.82) is 0 Å². The largest absolute Gasteiger partial charge is 0.370 e. The molecule has 0 aliphatic heterocycles. The summed E-state index contributed by atoms with van der Waals surface area (Å²) in [7, 11) is 0. The van der Waals surface area contributed by atoms with Gasteiger partial charge in [0.25, 0.3) is 0 Å². The molecular formula is C12H16FN3O3. The van der Waals surface area contributed by atoms with Gasteiger partial charge in [-0.3, -0.25) is 9.59 Å². The van der Waals surface area contributed by atoms with Crippen LogP contribution < -0.4 is 16.8 Å². The van der Waals surface area contributed by atoms with Gasteiger partial charge in [-0.15, -0.1) is 0 Å². The first-order valence-electron chi connectivity index (χ1n) is 5.65. The third-order valence-electron chi connectivity index (χ3n) is 2.31. The monoisotopic (exact) mass is 269 g/mol. The lowest BCUT2D eigenvalue weighted by molar-refractivity contribution is -0.122. The van der Waals surface area contributed by atoms with Gasteiger partial charge in [0, 0.05) is 24.2 Å². The van der Waals surface area contributed by atoms with Gasteiger partial charge < -0.3 is 21.5 Å². The minimum absolute atomic E-state index is 0.146. The molecule has 2 amide bonds. The minimum atomic E-state index is -0.606. The molecule has 104 valence electrons. The molecule has 0 aromatic heterocycles. The van der Waals surface area contributed by atoms with Crippen molar-refractivity contribution >= 4 is 11.8 Å². The number of primary amides is 2. The summed E-state index contributed by atoms with van der Waals surface area (Å²) in [5, 5.41) is 2.91. The number of carbonyl (C=O) groups is 2. The van der Waals surface area contributed by atoms with Crippen molar-refractivity contribution in [1.82, 2.24) is 5.32 Å². The number of ether oxygens (including phenoxy) is 1. The van der Waals surface area contributed by atoms with Crippen molar-refractivity contribution in [2.45, 2.75) is 6.54 Å². The average Bonchev–Trinajstić information content (AvgIpc) is 2.34. The summed E-state index contributed by atoms with van der Waals surface area (Å²) in [5.74, 6) is -1.57. The third kappa shape index (κ3) is 5.45. The maximum Gasteiger partial charge on any atom is 0.248 e. The maximum atomic E-state index is 13.4. The number of rotatable bonds is 8. The van der Waals surface area contributed by atoms with E-state index >= 15 is 0 Å². The fraction of sp³-hybridized carbons (Fsp3) is 0.333. The number of nitrogens with two attached hydrogens (primary N) is 2. The van der Waals surface area contributed by atoms with E-state index in [2.05, 4.69) is 5.32 Å². The number of amides is 2. The molecule has 0 spiro atoms. The molecule has 0 bridgehead atoms. The zero-order valence-electron chi connectivity index (χ0n) is 10.3. The maximum absolute atomic E-state index is 13.4. The van der Waals surface area contributed by atoms with Crippen molar-refractivity contribution < 1.29 is 18.7 Å². The fourth-order valence-electron chi connectivity index (χ4n) is 1.40. The SMILES string of the molecule is NC(=O)COCCNCc1cc(C(N)=O)ccc1F. The average molecular weight is 269 g/mol. The van der Waals surface area contributed by atoms with E-state index in [4.69, 9.17) is 16.2 Å². The Bertz CT molecular complexity index is 466. The minimum Gasteiger partial charge on any atom is -0.370 e. The van der Waals surface area contributed by atoms with Gasteiger partial charge in [-0.05, 0) is 18.2 Å². The van der Waals surface area contributed by atoms with Crippen LogP contribution in [0.25, 0.3) is 0 Å². The highest BCUT2D eigenvalue weighted by Gasteiger charge is 2.06.